The van der Waals surface area contributed by atoms with Gasteiger partial charge >= 0.3 is 0 Å². The molecule has 2 amide bonds. The van der Waals surface area contributed by atoms with Gasteiger partial charge < -0.3 is 20.9 Å². The van der Waals surface area contributed by atoms with Crippen LogP contribution in [0.1, 0.15) is 44.9 Å². The summed E-state index contributed by atoms with van der Waals surface area (Å²) in [6, 6.07) is 0.753. The zero-order valence-electron chi connectivity index (χ0n) is 17.1. The van der Waals surface area contributed by atoms with Crippen molar-refractivity contribution in [3.8, 4) is 0 Å². The van der Waals surface area contributed by atoms with Crippen LogP contribution in [-0.2, 0) is 9.59 Å². The summed E-state index contributed by atoms with van der Waals surface area (Å²) in [5.41, 5.74) is 0. The van der Waals surface area contributed by atoms with Crippen LogP contribution in [0.25, 0.3) is 0 Å². The van der Waals surface area contributed by atoms with E-state index in [2.05, 4.69) is 25.8 Å². The first kappa shape index (κ1) is 21.5. The first-order valence-corrected chi connectivity index (χ1v) is 10.2. The first-order chi connectivity index (χ1) is 13.0. The molecular weight excluding hydrogens is 344 g/mol. The average Bonchev–Trinajstić information content (AvgIpc) is 2.67. The molecule has 1 saturated carbocycles. The Hall–Kier alpha value is -1.83. The van der Waals surface area contributed by atoms with Gasteiger partial charge in [0.2, 0.25) is 11.8 Å². The Morgan fingerprint density at radius 2 is 1.59 bits per heavy atom. The first-order valence-electron chi connectivity index (χ1n) is 10.2. The summed E-state index contributed by atoms with van der Waals surface area (Å²) in [5.74, 6) is 0.812. The number of likely N-dealkylation sites (tertiary alicyclic amines) is 1. The van der Waals surface area contributed by atoms with Gasteiger partial charge in [-0.2, -0.15) is 0 Å². The summed E-state index contributed by atoms with van der Waals surface area (Å²) in [6.45, 7) is 2.39. The molecule has 1 saturated heterocycles. The number of carbonyl (C=O) groups excluding carboxylic acids is 2. The summed E-state index contributed by atoms with van der Waals surface area (Å²) in [6.07, 6.45) is 8.05. The number of likely N-dealkylation sites (N-methyl/N-ethyl adjacent to an activating group) is 2. The average molecular weight is 381 g/mol. The number of rotatable bonds is 6. The van der Waals surface area contributed by atoms with E-state index in [-0.39, 0.29) is 18.4 Å². The fourth-order valence-electron chi connectivity index (χ4n) is 3.57. The number of amides is 2. The summed E-state index contributed by atoms with van der Waals surface area (Å²) in [5, 5.41) is 9.74. The number of hydrogen-bond donors (Lipinski definition) is 3. The highest BCUT2D eigenvalue weighted by Gasteiger charge is 2.23. The lowest BCUT2D eigenvalue weighted by Crippen LogP contribution is -2.52. The third-order valence-electron chi connectivity index (χ3n) is 5.39. The maximum absolute atomic E-state index is 11.9. The minimum Gasteiger partial charge on any atom is -0.358 e. The largest absolute Gasteiger partial charge is 0.358 e. The SMILES string of the molecule is CNC(=O)CN1CCC(NC(=NCC(=O)N(C)C)NC2CCCCC2)CC1. The van der Waals surface area contributed by atoms with Crippen LogP contribution in [0.2, 0.25) is 0 Å². The molecule has 2 fully saturated rings. The molecule has 1 heterocycles. The van der Waals surface area contributed by atoms with Crippen LogP contribution < -0.4 is 16.0 Å². The predicted molar refractivity (Wildman–Crippen MR) is 108 cm³/mol. The van der Waals surface area contributed by atoms with Gasteiger partial charge in [-0.25, -0.2) is 4.99 Å². The summed E-state index contributed by atoms with van der Waals surface area (Å²) >= 11 is 0. The second kappa shape index (κ2) is 11.1. The Kier molecular flexibility index (Phi) is 8.84. The summed E-state index contributed by atoms with van der Waals surface area (Å²) in [4.78, 5) is 31.7. The van der Waals surface area contributed by atoms with E-state index >= 15 is 0 Å². The molecule has 8 nitrogen and oxygen atoms in total. The molecule has 2 rings (SSSR count). The third-order valence-corrected chi connectivity index (χ3v) is 5.39. The lowest BCUT2D eigenvalue weighted by molar-refractivity contribution is -0.127. The van der Waals surface area contributed by atoms with Crippen molar-refractivity contribution in [1.82, 2.24) is 25.8 Å². The molecule has 0 radical (unpaired) electrons. The van der Waals surface area contributed by atoms with Crippen molar-refractivity contribution >= 4 is 17.8 Å². The Labute approximate surface area is 163 Å². The molecule has 154 valence electrons. The van der Waals surface area contributed by atoms with Gasteiger partial charge in [-0.1, -0.05) is 19.3 Å². The number of piperidine rings is 1. The number of hydrogen-bond acceptors (Lipinski definition) is 4. The van der Waals surface area contributed by atoms with Crippen LogP contribution in [0.4, 0.5) is 0 Å². The van der Waals surface area contributed by atoms with Crippen molar-refractivity contribution in [1.29, 1.82) is 0 Å². The van der Waals surface area contributed by atoms with Gasteiger partial charge in [-0.3, -0.25) is 14.5 Å². The highest BCUT2D eigenvalue weighted by atomic mass is 16.2. The van der Waals surface area contributed by atoms with Crippen LogP contribution in [0.3, 0.4) is 0 Å². The fraction of sp³-hybridized carbons (Fsp3) is 0.842. The van der Waals surface area contributed by atoms with E-state index in [9.17, 15) is 9.59 Å². The predicted octanol–water partition coefficient (Wildman–Crippen LogP) is 0.153. The van der Waals surface area contributed by atoms with Crippen molar-refractivity contribution in [3.05, 3.63) is 0 Å². The van der Waals surface area contributed by atoms with E-state index in [1.165, 1.54) is 19.3 Å². The molecule has 1 aliphatic carbocycles. The van der Waals surface area contributed by atoms with Gasteiger partial charge in [0.25, 0.3) is 0 Å². The van der Waals surface area contributed by atoms with E-state index in [1.54, 1.807) is 26.0 Å². The Balaban J connectivity index is 1.88. The van der Waals surface area contributed by atoms with Crippen molar-refractivity contribution in [2.24, 2.45) is 4.99 Å². The standard InChI is InChI=1S/C19H36N6O2/c1-20-17(26)14-25-11-9-16(10-12-25)23-19(21-13-18(27)24(2)3)22-15-7-5-4-6-8-15/h15-16H,4-14H2,1-3H3,(H,20,26)(H2,21,22,23). The van der Waals surface area contributed by atoms with E-state index in [0.717, 1.165) is 44.7 Å². The van der Waals surface area contributed by atoms with Crippen LogP contribution >= 0.6 is 0 Å². The van der Waals surface area contributed by atoms with Crippen molar-refractivity contribution < 1.29 is 9.59 Å². The topological polar surface area (TPSA) is 89.1 Å². The normalized spacial score (nSPS) is 20.2. The Bertz CT molecular complexity index is 508. The van der Waals surface area contributed by atoms with Crippen molar-refractivity contribution in [3.63, 3.8) is 0 Å². The molecule has 0 spiro atoms. The monoisotopic (exact) mass is 380 g/mol. The molecular formula is C19H36N6O2. The number of guanidine groups is 1. The minimum absolute atomic E-state index is 0.000131. The second-order valence-corrected chi connectivity index (χ2v) is 7.80. The Morgan fingerprint density at radius 3 is 2.15 bits per heavy atom. The fourth-order valence-corrected chi connectivity index (χ4v) is 3.57. The maximum Gasteiger partial charge on any atom is 0.243 e. The smallest absolute Gasteiger partial charge is 0.243 e. The molecule has 0 aromatic heterocycles. The van der Waals surface area contributed by atoms with Gasteiger partial charge in [0.15, 0.2) is 5.96 Å². The minimum atomic E-state index is 0.000131. The van der Waals surface area contributed by atoms with Gasteiger partial charge in [-0.05, 0) is 25.7 Å². The maximum atomic E-state index is 11.9. The summed E-state index contributed by atoms with van der Waals surface area (Å²) < 4.78 is 0. The highest BCUT2D eigenvalue weighted by molar-refractivity contribution is 5.85. The molecule has 3 N–H and O–H groups in total. The number of nitrogens with one attached hydrogen (secondary N) is 3. The van der Waals surface area contributed by atoms with Crippen LogP contribution in [0.5, 0.6) is 0 Å². The second-order valence-electron chi connectivity index (χ2n) is 7.80. The van der Waals surface area contributed by atoms with E-state index in [1.807, 2.05) is 0 Å². The Morgan fingerprint density at radius 1 is 1.00 bits per heavy atom. The lowest BCUT2D eigenvalue weighted by atomic mass is 9.95. The zero-order valence-corrected chi connectivity index (χ0v) is 17.1. The molecule has 0 atom stereocenters. The number of nitrogens with zero attached hydrogens (tertiary/aromatic N) is 3. The lowest BCUT2D eigenvalue weighted by Gasteiger charge is -2.33. The molecule has 0 aromatic rings. The van der Waals surface area contributed by atoms with Crippen molar-refractivity contribution in [2.75, 3.05) is 47.3 Å². The van der Waals surface area contributed by atoms with Crippen LogP contribution in [-0.4, -0.2) is 87.0 Å². The van der Waals surface area contributed by atoms with E-state index in [0.29, 0.717) is 18.6 Å². The molecule has 8 heteroatoms. The molecule has 2 aliphatic rings. The number of carbonyl (C=O) groups is 2. The third kappa shape index (κ3) is 7.74. The van der Waals surface area contributed by atoms with Crippen LogP contribution in [0, 0.1) is 0 Å². The highest BCUT2D eigenvalue weighted by Crippen LogP contribution is 2.17. The van der Waals surface area contributed by atoms with Gasteiger partial charge in [0.05, 0.1) is 6.54 Å². The van der Waals surface area contributed by atoms with Gasteiger partial charge in [-0.15, -0.1) is 0 Å². The quantitative estimate of drug-likeness (QED) is 0.451. The molecule has 1 aliphatic heterocycles. The number of aliphatic imine (C=N–C) groups is 1. The van der Waals surface area contributed by atoms with Crippen LogP contribution in [0.15, 0.2) is 4.99 Å². The van der Waals surface area contributed by atoms with Crippen molar-refractivity contribution in [2.45, 2.75) is 57.0 Å². The molecule has 0 bridgehead atoms. The molecule has 0 unspecified atom stereocenters. The van der Waals surface area contributed by atoms with Gasteiger partial charge in [0, 0.05) is 46.3 Å². The van der Waals surface area contributed by atoms with E-state index < -0.39 is 0 Å². The van der Waals surface area contributed by atoms with Gasteiger partial charge in [0.1, 0.15) is 6.54 Å². The summed E-state index contributed by atoms with van der Waals surface area (Å²) in [7, 11) is 5.18. The van der Waals surface area contributed by atoms with E-state index in [4.69, 9.17) is 0 Å². The molecule has 0 aromatic carbocycles. The molecule has 27 heavy (non-hydrogen) atoms. The zero-order chi connectivity index (χ0) is 19.6.